The number of benzene rings is 1. The van der Waals surface area contributed by atoms with Gasteiger partial charge in [0.2, 0.25) is 9.84 Å². The number of alkyl halides is 3. The third-order valence-corrected chi connectivity index (χ3v) is 7.38. The summed E-state index contributed by atoms with van der Waals surface area (Å²) in [5.41, 5.74) is 4.76. The van der Waals surface area contributed by atoms with Crippen molar-refractivity contribution in [1.82, 2.24) is 9.88 Å². The normalized spacial score (nSPS) is 18.6. The molecule has 11 heteroatoms. The number of sulfone groups is 1. The van der Waals surface area contributed by atoms with E-state index in [0.717, 1.165) is 43.8 Å². The number of rotatable bonds is 3. The molecule has 0 radical (unpaired) electrons. The van der Waals surface area contributed by atoms with Gasteiger partial charge in [-0.15, -0.1) is 0 Å². The first-order valence-electron chi connectivity index (χ1n) is 9.57. The first-order valence-corrected chi connectivity index (χ1v) is 11.1. The summed E-state index contributed by atoms with van der Waals surface area (Å²) in [6.45, 7) is 2.38. The van der Waals surface area contributed by atoms with Crippen LogP contribution in [0, 0.1) is 5.41 Å². The van der Waals surface area contributed by atoms with Gasteiger partial charge in [0.15, 0.2) is 5.69 Å². The lowest BCUT2D eigenvalue weighted by molar-refractivity contribution is -0.137. The summed E-state index contributed by atoms with van der Waals surface area (Å²) in [6.07, 6.45) is -1.66. The number of hydrogen-bond acceptors (Lipinski definition) is 6. The molecule has 7 nitrogen and oxygen atoms in total. The third-order valence-electron chi connectivity index (χ3n) is 5.64. The molecule has 166 valence electrons. The number of anilines is 1. The zero-order valence-electron chi connectivity index (χ0n) is 16.4. The molecule has 2 N–H and O–H groups in total. The number of aromatic nitrogens is 1. The second-order valence-corrected chi connectivity index (χ2v) is 9.90. The molecule has 2 aliphatic rings. The van der Waals surface area contributed by atoms with Crippen LogP contribution in [0.3, 0.4) is 0 Å². The highest BCUT2D eigenvalue weighted by atomic mass is 32.2. The maximum Gasteiger partial charge on any atom is 0.416 e. The Balaban J connectivity index is 1.52. The molecule has 2 fully saturated rings. The minimum atomic E-state index is -4.57. The molecule has 0 atom stereocenters. The Morgan fingerprint density at radius 1 is 1.16 bits per heavy atom. The van der Waals surface area contributed by atoms with E-state index in [9.17, 15) is 26.4 Å². The lowest BCUT2D eigenvalue weighted by Gasteiger charge is -2.51. The second kappa shape index (κ2) is 7.49. The number of hydrogen-bond donors (Lipinski definition) is 1. The minimum absolute atomic E-state index is 0.0332. The van der Waals surface area contributed by atoms with E-state index in [0.29, 0.717) is 31.8 Å². The fraction of sp³-hybridized carbons (Fsp3) is 0.400. The van der Waals surface area contributed by atoms with Crippen LogP contribution in [0.1, 0.15) is 28.9 Å². The Morgan fingerprint density at radius 2 is 1.84 bits per heavy atom. The predicted octanol–water partition coefficient (Wildman–Crippen LogP) is 2.77. The van der Waals surface area contributed by atoms with Gasteiger partial charge in [0.25, 0.3) is 5.91 Å². The monoisotopic (exact) mass is 455 g/mol. The van der Waals surface area contributed by atoms with E-state index in [1.165, 1.54) is 0 Å². The fourth-order valence-electron chi connectivity index (χ4n) is 3.96. The standard InChI is InChI=1S/C20H20F3N3O4S/c21-20(22,23)13-2-4-14(5-3-13)31(28,29)15-8-16(24)17(25-9-15)18(27)26-10-19(11-26)6-1-7-30-12-19/h2-5,8-9H,1,6-7,10-12,24H2. The van der Waals surface area contributed by atoms with E-state index < -0.39 is 27.5 Å². The molecule has 31 heavy (non-hydrogen) atoms. The van der Waals surface area contributed by atoms with Gasteiger partial charge in [-0.1, -0.05) is 0 Å². The van der Waals surface area contributed by atoms with Gasteiger partial charge in [0.05, 0.1) is 27.6 Å². The first-order chi connectivity index (χ1) is 14.5. The topological polar surface area (TPSA) is 103 Å². The van der Waals surface area contributed by atoms with E-state index in [1.807, 2.05) is 0 Å². The van der Waals surface area contributed by atoms with Crippen LogP contribution >= 0.6 is 0 Å². The molecule has 4 rings (SSSR count). The molecular weight excluding hydrogens is 435 g/mol. The number of nitrogen functional groups attached to an aromatic ring is 1. The summed E-state index contributed by atoms with van der Waals surface area (Å²) >= 11 is 0. The van der Waals surface area contributed by atoms with Crippen molar-refractivity contribution in [2.24, 2.45) is 5.41 Å². The molecule has 2 aromatic rings. The molecule has 0 saturated carbocycles. The quantitative estimate of drug-likeness (QED) is 0.764. The number of pyridine rings is 1. The largest absolute Gasteiger partial charge is 0.416 e. The van der Waals surface area contributed by atoms with Gasteiger partial charge in [0.1, 0.15) is 0 Å². The molecule has 1 amide bonds. The Kier molecular flexibility index (Phi) is 5.21. The predicted molar refractivity (Wildman–Crippen MR) is 104 cm³/mol. The van der Waals surface area contributed by atoms with E-state index in [2.05, 4.69) is 4.98 Å². The van der Waals surface area contributed by atoms with Gasteiger partial charge in [-0.05, 0) is 43.2 Å². The van der Waals surface area contributed by atoms with Crippen molar-refractivity contribution < 1.29 is 31.1 Å². The highest BCUT2D eigenvalue weighted by molar-refractivity contribution is 7.91. The van der Waals surface area contributed by atoms with Gasteiger partial charge in [-0.3, -0.25) is 4.79 Å². The number of likely N-dealkylation sites (tertiary alicyclic amines) is 1. The van der Waals surface area contributed by atoms with Crippen molar-refractivity contribution in [1.29, 1.82) is 0 Å². The van der Waals surface area contributed by atoms with Gasteiger partial charge in [-0.2, -0.15) is 13.2 Å². The van der Waals surface area contributed by atoms with Gasteiger partial charge < -0.3 is 15.4 Å². The number of halogens is 3. The number of ether oxygens (including phenoxy) is 1. The number of amides is 1. The third kappa shape index (κ3) is 3.99. The number of carbonyl (C=O) groups excluding carboxylic acids is 1. The van der Waals surface area contributed by atoms with Crippen molar-refractivity contribution in [2.45, 2.75) is 28.8 Å². The second-order valence-electron chi connectivity index (χ2n) is 7.95. The van der Waals surface area contributed by atoms with Crippen molar-refractivity contribution >= 4 is 21.4 Å². The van der Waals surface area contributed by atoms with Gasteiger partial charge in [0, 0.05) is 31.3 Å². The van der Waals surface area contributed by atoms with Gasteiger partial charge >= 0.3 is 6.18 Å². The molecule has 3 heterocycles. The van der Waals surface area contributed by atoms with Gasteiger partial charge in [-0.25, -0.2) is 13.4 Å². The van der Waals surface area contributed by atoms with Crippen LogP contribution < -0.4 is 5.73 Å². The van der Waals surface area contributed by atoms with Crippen LogP contribution in [0.15, 0.2) is 46.3 Å². The van der Waals surface area contributed by atoms with E-state index in [-0.39, 0.29) is 26.6 Å². The lowest BCUT2D eigenvalue weighted by Crippen LogP contribution is -2.61. The van der Waals surface area contributed by atoms with E-state index in [1.54, 1.807) is 4.90 Å². The maximum absolute atomic E-state index is 12.7. The highest BCUT2D eigenvalue weighted by Gasteiger charge is 2.47. The summed E-state index contributed by atoms with van der Waals surface area (Å²) in [5.74, 6) is -0.396. The van der Waals surface area contributed by atoms with E-state index >= 15 is 0 Å². The Morgan fingerprint density at radius 3 is 2.39 bits per heavy atom. The fourth-order valence-corrected chi connectivity index (χ4v) is 5.20. The molecule has 1 aromatic heterocycles. The van der Waals surface area contributed by atoms with Crippen LogP contribution in [-0.2, 0) is 20.8 Å². The summed E-state index contributed by atoms with van der Waals surface area (Å²) < 4.78 is 69.1. The van der Waals surface area contributed by atoms with Crippen molar-refractivity contribution in [3.05, 3.63) is 47.8 Å². The molecule has 0 bridgehead atoms. The first kappa shape index (κ1) is 21.6. The number of carbonyl (C=O) groups is 1. The highest BCUT2D eigenvalue weighted by Crippen LogP contribution is 2.39. The molecule has 0 unspecified atom stereocenters. The Hall–Kier alpha value is -2.66. The molecule has 1 spiro atoms. The van der Waals surface area contributed by atoms with Crippen molar-refractivity contribution in [3.8, 4) is 0 Å². The van der Waals surface area contributed by atoms with Crippen LogP contribution in [0.5, 0.6) is 0 Å². The zero-order valence-corrected chi connectivity index (χ0v) is 17.2. The average Bonchev–Trinajstić information content (AvgIpc) is 2.71. The van der Waals surface area contributed by atoms with Crippen LogP contribution in [0.2, 0.25) is 0 Å². The molecule has 1 aromatic carbocycles. The molecule has 2 aliphatic heterocycles. The summed E-state index contributed by atoms with van der Waals surface area (Å²) in [5, 5.41) is 0. The van der Waals surface area contributed by atoms with Crippen molar-refractivity contribution in [3.63, 3.8) is 0 Å². The SMILES string of the molecule is Nc1cc(S(=O)(=O)c2ccc(C(F)(F)F)cc2)cnc1C(=O)N1CC2(CCCOC2)C1. The molecule has 0 aliphatic carbocycles. The molecule has 2 saturated heterocycles. The average molecular weight is 455 g/mol. The zero-order chi connectivity index (χ0) is 22.4. The van der Waals surface area contributed by atoms with Crippen LogP contribution in [-0.4, -0.2) is 50.5 Å². The number of nitrogens with zero attached hydrogens (tertiary/aromatic N) is 2. The smallest absolute Gasteiger partial charge is 0.397 e. The van der Waals surface area contributed by atoms with Crippen LogP contribution in [0.25, 0.3) is 0 Å². The summed E-state index contributed by atoms with van der Waals surface area (Å²) in [4.78, 5) is 17.6. The molecular formula is C20H20F3N3O4S. The summed E-state index contributed by atoms with van der Waals surface area (Å²) in [7, 11) is -4.15. The Labute approximate surface area is 176 Å². The minimum Gasteiger partial charge on any atom is -0.397 e. The summed E-state index contributed by atoms with van der Waals surface area (Å²) in [6, 6.07) is 4.23. The Bertz CT molecular complexity index is 1100. The van der Waals surface area contributed by atoms with Crippen LogP contribution in [0.4, 0.5) is 18.9 Å². The lowest BCUT2D eigenvalue weighted by atomic mass is 9.75. The van der Waals surface area contributed by atoms with E-state index in [4.69, 9.17) is 10.5 Å². The van der Waals surface area contributed by atoms with Crippen molar-refractivity contribution in [2.75, 3.05) is 32.0 Å². The maximum atomic E-state index is 12.7. The number of nitrogens with two attached hydrogens (primary N) is 1.